The lowest BCUT2D eigenvalue weighted by molar-refractivity contribution is -0.118. The van der Waals surface area contributed by atoms with E-state index in [9.17, 15) is 23.2 Å². The number of aliphatic imine (C=N–C) groups is 1. The highest BCUT2D eigenvalue weighted by Crippen LogP contribution is 2.25. The van der Waals surface area contributed by atoms with Gasteiger partial charge in [-0.15, -0.1) is 0 Å². The lowest BCUT2D eigenvalue weighted by Gasteiger charge is -2.19. The van der Waals surface area contributed by atoms with Crippen LogP contribution in [0.25, 0.3) is 0 Å². The number of hydrogen-bond acceptors (Lipinski definition) is 5. The number of nitrogens with zero attached hydrogens (tertiary/aromatic N) is 2. The van der Waals surface area contributed by atoms with Gasteiger partial charge in [-0.1, -0.05) is 20.8 Å². The number of anilines is 1. The molecule has 1 aromatic carbocycles. The third-order valence-electron chi connectivity index (χ3n) is 2.96. The second-order valence-corrected chi connectivity index (χ2v) is 6.83. The number of halogens is 3. The number of ether oxygens (including phenoxy) is 1. The SMILES string of the molecule is CC(C)(C)COc1ccc(NC(=O)C(C=NCC(F)(F)F)=CN)cc1C#N. The van der Waals surface area contributed by atoms with Gasteiger partial charge in [0, 0.05) is 18.1 Å². The standard InChI is InChI=1S/C18H21F3N4O2/c1-17(2,3)11-27-15-5-4-14(6-12(15)7-22)25-16(26)13(8-23)9-24-10-18(19,20)21/h4-6,8-9H,10-11,23H2,1-3H3,(H,25,26). The van der Waals surface area contributed by atoms with Crippen LogP contribution in [0.5, 0.6) is 5.75 Å². The number of rotatable bonds is 6. The van der Waals surface area contributed by atoms with E-state index in [1.807, 2.05) is 26.8 Å². The van der Waals surface area contributed by atoms with Crippen LogP contribution in [0.4, 0.5) is 18.9 Å². The van der Waals surface area contributed by atoms with E-state index in [1.54, 1.807) is 0 Å². The van der Waals surface area contributed by atoms with Gasteiger partial charge < -0.3 is 15.8 Å². The fourth-order valence-electron chi connectivity index (χ4n) is 1.74. The van der Waals surface area contributed by atoms with Crippen LogP contribution in [0, 0.1) is 16.7 Å². The number of nitriles is 1. The van der Waals surface area contributed by atoms with Gasteiger partial charge in [-0.3, -0.25) is 9.79 Å². The smallest absolute Gasteiger partial charge is 0.407 e. The predicted octanol–water partition coefficient (Wildman–Crippen LogP) is 3.40. The van der Waals surface area contributed by atoms with E-state index in [2.05, 4.69) is 10.3 Å². The number of amides is 1. The van der Waals surface area contributed by atoms with Crippen molar-refractivity contribution in [2.75, 3.05) is 18.5 Å². The molecule has 0 fully saturated rings. The van der Waals surface area contributed by atoms with Gasteiger partial charge >= 0.3 is 6.18 Å². The van der Waals surface area contributed by atoms with Gasteiger partial charge in [-0.2, -0.15) is 18.4 Å². The Bertz CT molecular complexity index is 772. The van der Waals surface area contributed by atoms with E-state index in [0.29, 0.717) is 12.4 Å². The van der Waals surface area contributed by atoms with Crippen molar-refractivity contribution in [3.63, 3.8) is 0 Å². The summed E-state index contributed by atoms with van der Waals surface area (Å²) in [6.45, 7) is 4.91. The van der Waals surface area contributed by atoms with Gasteiger partial charge in [0.2, 0.25) is 0 Å². The Hall–Kier alpha value is -3.02. The van der Waals surface area contributed by atoms with Crippen molar-refractivity contribution >= 4 is 17.8 Å². The maximum Gasteiger partial charge on any atom is 0.407 e. The first kappa shape index (κ1) is 22.0. The zero-order valence-electron chi connectivity index (χ0n) is 15.2. The van der Waals surface area contributed by atoms with Crippen LogP contribution in [0.1, 0.15) is 26.3 Å². The fraction of sp³-hybridized carbons (Fsp3) is 0.389. The largest absolute Gasteiger partial charge is 0.492 e. The van der Waals surface area contributed by atoms with Crippen LogP contribution in [0.3, 0.4) is 0 Å². The molecule has 0 aliphatic rings. The van der Waals surface area contributed by atoms with Crippen molar-refractivity contribution in [3.05, 3.63) is 35.5 Å². The van der Waals surface area contributed by atoms with Gasteiger partial charge in [-0.05, 0) is 23.6 Å². The third-order valence-corrected chi connectivity index (χ3v) is 2.96. The Labute approximate surface area is 155 Å². The number of benzene rings is 1. The minimum Gasteiger partial charge on any atom is -0.492 e. The average molecular weight is 382 g/mol. The van der Waals surface area contributed by atoms with Crippen LogP contribution in [0.15, 0.2) is 35.0 Å². The number of carbonyl (C=O) groups excluding carboxylic acids is 1. The molecule has 0 saturated heterocycles. The molecule has 0 spiro atoms. The molecule has 0 heterocycles. The molecule has 6 nitrogen and oxygen atoms in total. The van der Waals surface area contributed by atoms with E-state index >= 15 is 0 Å². The molecule has 0 unspecified atom stereocenters. The summed E-state index contributed by atoms with van der Waals surface area (Å²) in [7, 11) is 0. The van der Waals surface area contributed by atoms with E-state index < -0.39 is 18.6 Å². The lowest BCUT2D eigenvalue weighted by atomic mass is 9.98. The summed E-state index contributed by atoms with van der Waals surface area (Å²) in [5, 5.41) is 11.7. The highest BCUT2D eigenvalue weighted by atomic mass is 19.4. The number of nitrogens with one attached hydrogen (secondary N) is 1. The number of hydrogen-bond donors (Lipinski definition) is 2. The second kappa shape index (κ2) is 9.07. The van der Waals surface area contributed by atoms with Crippen LogP contribution in [-0.2, 0) is 4.79 Å². The lowest BCUT2D eigenvalue weighted by Crippen LogP contribution is -2.19. The topological polar surface area (TPSA) is 100 Å². The molecule has 1 rings (SSSR count). The molecular weight excluding hydrogens is 361 g/mol. The van der Waals surface area contributed by atoms with Crippen LogP contribution in [0.2, 0.25) is 0 Å². The molecule has 1 aromatic rings. The highest BCUT2D eigenvalue weighted by molar-refractivity contribution is 6.17. The van der Waals surface area contributed by atoms with Crippen LogP contribution < -0.4 is 15.8 Å². The molecule has 0 aromatic heterocycles. The summed E-state index contributed by atoms with van der Waals surface area (Å²) < 4.78 is 41.9. The van der Waals surface area contributed by atoms with E-state index in [-0.39, 0.29) is 22.2 Å². The first-order valence-corrected chi connectivity index (χ1v) is 7.92. The van der Waals surface area contributed by atoms with Crippen molar-refractivity contribution < 1.29 is 22.7 Å². The number of carbonyl (C=O) groups is 1. The van der Waals surface area contributed by atoms with Gasteiger partial charge in [-0.25, -0.2) is 0 Å². The monoisotopic (exact) mass is 382 g/mol. The summed E-state index contributed by atoms with van der Waals surface area (Å²) >= 11 is 0. The molecule has 0 bridgehead atoms. The average Bonchev–Trinajstić information content (AvgIpc) is 2.55. The zero-order chi connectivity index (χ0) is 20.7. The molecule has 9 heteroatoms. The van der Waals surface area contributed by atoms with Crippen LogP contribution >= 0.6 is 0 Å². The maximum atomic E-state index is 12.1. The summed E-state index contributed by atoms with van der Waals surface area (Å²) in [5.74, 6) is -0.387. The molecule has 0 aliphatic carbocycles. The van der Waals surface area contributed by atoms with Crippen molar-refractivity contribution in [1.82, 2.24) is 0 Å². The summed E-state index contributed by atoms with van der Waals surface area (Å²) in [6, 6.07) is 6.42. The molecular formula is C18H21F3N4O2. The summed E-state index contributed by atoms with van der Waals surface area (Å²) in [6.07, 6.45) is -2.88. The second-order valence-electron chi connectivity index (χ2n) is 6.83. The summed E-state index contributed by atoms with van der Waals surface area (Å²) in [4.78, 5) is 15.2. The van der Waals surface area contributed by atoms with Crippen LogP contribution in [-0.4, -0.2) is 31.4 Å². The molecule has 3 N–H and O–H groups in total. The Morgan fingerprint density at radius 2 is 2.04 bits per heavy atom. The van der Waals surface area contributed by atoms with E-state index in [0.717, 1.165) is 12.4 Å². The van der Waals surface area contributed by atoms with Gasteiger partial charge in [0.05, 0.1) is 17.7 Å². The quantitative estimate of drug-likeness (QED) is 0.582. The normalized spacial score (nSPS) is 12.7. The molecule has 0 aliphatic heterocycles. The minimum absolute atomic E-state index is 0.101. The summed E-state index contributed by atoms with van der Waals surface area (Å²) in [5.41, 5.74) is 5.40. The maximum absolute atomic E-state index is 12.1. The highest BCUT2D eigenvalue weighted by Gasteiger charge is 2.26. The Morgan fingerprint density at radius 3 is 2.56 bits per heavy atom. The van der Waals surface area contributed by atoms with E-state index in [1.165, 1.54) is 18.2 Å². The van der Waals surface area contributed by atoms with Gasteiger partial charge in [0.25, 0.3) is 5.91 Å². The third kappa shape index (κ3) is 8.27. The van der Waals surface area contributed by atoms with Crippen molar-refractivity contribution in [3.8, 4) is 11.8 Å². The zero-order valence-corrected chi connectivity index (χ0v) is 15.2. The number of nitrogens with two attached hydrogens (primary N) is 1. The molecule has 27 heavy (non-hydrogen) atoms. The molecule has 0 radical (unpaired) electrons. The molecule has 1 amide bonds. The molecule has 146 valence electrons. The molecule has 0 atom stereocenters. The minimum atomic E-state index is -4.47. The first-order chi connectivity index (χ1) is 12.4. The number of alkyl halides is 3. The Balaban J connectivity index is 2.86. The van der Waals surface area contributed by atoms with E-state index in [4.69, 9.17) is 10.5 Å². The molecule has 0 saturated carbocycles. The van der Waals surface area contributed by atoms with Gasteiger partial charge in [0.15, 0.2) is 0 Å². The van der Waals surface area contributed by atoms with Gasteiger partial charge in [0.1, 0.15) is 18.4 Å². The Morgan fingerprint density at radius 1 is 1.37 bits per heavy atom. The van der Waals surface area contributed by atoms with Crippen molar-refractivity contribution in [2.24, 2.45) is 16.1 Å². The fourth-order valence-corrected chi connectivity index (χ4v) is 1.74. The van der Waals surface area contributed by atoms with Crippen molar-refractivity contribution in [2.45, 2.75) is 26.9 Å². The Kier molecular flexibility index (Phi) is 7.40. The first-order valence-electron chi connectivity index (χ1n) is 7.92. The van der Waals surface area contributed by atoms with Crippen molar-refractivity contribution in [1.29, 1.82) is 5.26 Å². The predicted molar refractivity (Wildman–Crippen MR) is 96.4 cm³/mol.